The molecule has 698 valence electrons. The van der Waals surface area contributed by atoms with Gasteiger partial charge in [-0.1, -0.05) is 116 Å². The molecule has 3 fully saturated rings. The molecule has 5 heterocycles. The number of carbonyl (C=O) groups excluding carboxylic acids is 17. The van der Waals surface area contributed by atoms with E-state index in [9.17, 15) is 63.0 Å². The molecule has 18 N–H and O–H groups in total. The first-order valence-corrected chi connectivity index (χ1v) is 44.9. The minimum atomic E-state index is -1.75. The third kappa shape index (κ3) is 27.8. The number of aromatic hydroxyl groups is 1. The number of para-hydroxylation sites is 2. The fourth-order valence-corrected chi connectivity index (χ4v) is 17.3. The number of amides is 16. The number of phenolic OH excluding ortho intramolecular Hbond substituents is 1. The van der Waals surface area contributed by atoms with Crippen molar-refractivity contribution in [2.45, 2.75) is 230 Å². The molecule has 2 aromatic heterocycles. The molecule has 0 radical (unpaired) electrons. The minimum absolute atomic E-state index is 0.00817. The van der Waals surface area contributed by atoms with Crippen LogP contribution in [0.4, 0.5) is 0 Å². The molecule has 0 unspecified atom stereocenters. The molecule has 3 aliphatic heterocycles. The summed E-state index contributed by atoms with van der Waals surface area (Å²) in [5.41, 5.74) is 20.4. The van der Waals surface area contributed by atoms with Crippen LogP contribution in [0.25, 0.3) is 21.8 Å². The Hall–Kier alpha value is -12.0. The standard InChI is InChI=1S/C89H127N19O19S/c1-12-14-25-69-82(120)98-62(33-49(3)4)80(118)102-68(84(122)103(8)46-75(92)113)47-128-48-77(115)97-64(35-52-28-30-56(109)31-29-52)85(123)104(9)51(7)78(116)99-66(40-74(91)112)87(125)107-32-20-27-70(107)83(121)101-67(41-90)81(119)100-63(34-50(5)6)88(126)108-45-57(110)39-72(108)73(111)38-53(36-54-42-93-60-23-18-16-21-58(54)60)79(117)95-44-76(114)96-65(37-55-43-94-61-24-19-17-22-59(55)61)86(124)106(11)71(26-15-13-2)89(127)105(69)10/h16-19,21-24,28-31,42-43,49-51,53,57,62-72,93-94,109-110H,12-15,20,25-27,32-41,44-48,90H2,1-11H3,(H2,91,112)(H2,92,113)(H,95,117)(H,96,114)(H,97,115)(H,98,120)(H,99,116)(H,100,119)(H,101,121)(H,102,118)/t51-,53+,57+,62-,63-,64-,65-,66-,67-,68-,69-,70-,71-,72-/m0/s1. The van der Waals surface area contributed by atoms with E-state index in [1.165, 1.54) is 69.2 Å². The zero-order valence-electron chi connectivity index (χ0n) is 74.7. The molecular formula is C89H127N19O19S. The number of nitrogens with two attached hydrogens (primary N) is 3. The number of benzene rings is 3. The first kappa shape index (κ1) is 101. The summed E-state index contributed by atoms with van der Waals surface area (Å²) in [6.07, 6.45) is 2.13. The van der Waals surface area contributed by atoms with E-state index in [2.05, 4.69) is 52.5 Å². The predicted octanol–water partition coefficient (Wildman–Crippen LogP) is -0.0812. The lowest BCUT2D eigenvalue weighted by Gasteiger charge is -2.36. The highest BCUT2D eigenvalue weighted by molar-refractivity contribution is 8.00. The van der Waals surface area contributed by atoms with Crippen LogP contribution >= 0.6 is 11.8 Å². The topological polar surface area (TPSA) is 556 Å². The zero-order valence-corrected chi connectivity index (χ0v) is 75.6. The number of carbonyl (C=O) groups is 17. The van der Waals surface area contributed by atoms with E-state index in [0.717, 1.165) is 31.4 Å². The summed E-state index contributed by atoms with van der Waals surface area (Å²) in [6.45, 7) is 9.74. The molecule has 5 aromatic rings. The van der Waals surface area contributed by atoms with Crippen LogP contribution in [-0.2, 0) is 101 Å². The monoisotopic (exact) mass is 1800 g/mol. The number of fused-ring (bicyclic) bond motifs is 4. The molecule has 0 spiro atoms. The quantitative estimate of drug-likeness (QED) is 0.0431. The lowest BCUT2D eigenvalue weighted by Crippen LogP contribution is -2.61. The number of aromatic nitrogens is 2. The minimum Gasteiger partial charge on any atom is -0.508 e. The molecule has 3 aromatic carbocycles. The Morgan fingerprint density at radius 3 is 1.70 bits per heavy atom. The molecule has 39 heteroatoms. The number of hydrogen-bond donors (Lipinski definition) is 15. The van der Waals surface area contributed by atoms with Crippen LogP contribution in [0.5, 0.6) is 5.75 Å². The number of phenols is 1. The van der Waals surface area contributed by atoms with Gasteiger partial charge in [-0.05, 0) is 105 Å². The van der Waals surface area contributed by atoms with Gasteiger partial charge in [-0.3, -0.25) is 81.5 Å². The van der Waals surface area contributed by atoms with Gasteiger partial charge in [0.05, 0.1) is 37.4 Å². The number of rotatable bonds is 22. The van der Waals surface area contributed by atoms with Crippen molar-refractivity contribution in [3.8, 4) is 5.75 Å². The second kappa shape index (κ2) is 47.7. The molecule has 3 saturated heterocycles. The molecule has 8 rings (SSSR count). The predicted molar refractivity (Wildman–Crippen MR) is 477 cm³/mol. The summed E-state index contributed by atoms with van der Waals surface area (Å²) in [4.78, 5) is 261. The molecule has 16 amide bonds. The van der Waals surface area contributed by atoms with Gasteiger partial charge in [0.2, 0.25) is 94.5 Å². The Labute approximate surface area is 748 Å². The number of thioether (sulfide) groups is 1. The number of Topliss-reactive ketones (excluding diaryl/α,β-unsaturated/α-hetero) is 1. The van der Waals surface area contributed by atoms with Crippen LogP contribution in [-0.4, -0.2) is 301 Å². The Morgan fingerprint density at radius 1 is 0.562 bits per heavy atom. The molecule has 128 heavy (non-hydrogen) atoms. The fraction of sp³-hybridized carbons (Fsp3) is 0.562. The van der Waals surface area contributed by atoms with Crippen LogP contribution < -0.4 is 59.7 Å². The number of aromatic amines is 2. The molecular weight excluding hydrogens is 1670 g/mol. The third-order valence-electron chi connectivity index (χ3n) is 23.5. The number of likely N-dealkylation sites (N-methyl/N-ethyl adjacent to an activating group) is 4. The highest BCUT2D eigenvalue weighted by atomic mass is 32.2. The Kier molecular flexibility index (Phi) is 37.8. The molecule has 38 nitrogen and oxygen atoms in total. The van der Waals surface area contributed by atoms with Gasteiger partial charge in [-0.25, -0.2) is 0 Å². The van der Waals surface area contributed by atoms with Crippen molar-refractivity contribution in [1.29, 1.82) is 0 Å². The van der Waals surface area contributed by atoms with E-state index in [4.69, 9.17) is 17.2 Å². The number of nitrogens with zero attached hydrogens (tertiary/aromatic N) is 6. The van der Waals surface area contributed by atoms with Crippen molar-refractivity contribution >= 4 is 134 Å². The van der Waals surface area contributed by atoms with E-state index in [1.807, 2.05) is 44.2 Å². The number of H-pyrrole nitrogens is 2. The van der Waals surface area contributed by atoms with Gasteiger partial charge in [0.1, 0.15) is 72.2 Å². The highest BCUT2D eigenvalue weighted by Crippen LogP contribution is 2.30. The van der Waals surface area contributed by atoms with Crippen molar-refractivity contribution in [2.75, 3.05) is 72.4 Å². The number of ketones is 1. The molecule has 0 aliphatic carbocycles. The molecule has 0 bridgehead atoms. The van der Waals surface area contributed by atoms with Crippen LogP contribution in [0.3, 0.4) is 0 Å². The summed E-state index contributed by atoms with van der Waals surface area (Å²) in [5.74, 6) is -17.3. The highest BCUT2D eigenvalue weighted by Gasteiger charge is 2.46. The van der Waals surface area contributed by atoms with Gasteiger partial charge in [0, 0.05) is 119 Å². The Bertz CT molecular complexity index is 4810. The molecule has 3 aliphatic rings. The van der Waals surface area contributed by atoms with Crippen LogP contribution in [0.15, 0.2) is 85.2 Å². The molecule has 0 saturated carbocycles. The van der Waals surface area contributed by atoms with Crippen LogP contribution in [0.1, 0.15) is 149 Å². The average Bonchev–Trinajstić information content (AvgIpc) is 1.54. The maximum atomic E-state index is 15.6. The summed E-state index contributed by atoms with van der Waals surface area (Å²) >= 11 is 0.822. The smallest absolute Gasteiger partial charge is 0.246 e. The number of unbranched alkanes of at least 4 members (excludes halogenated alkanes) is 2. The SMILES string of the molecule is CCCC[C@H]1C(=O)N(C)[C@@H](CCCC)C(=O)N[C@@H](CC(C)C)C(=O)N[C@H](C(=O)N(C)CC(N)=O)CSCC(=O)N[C@@H](Cc2ccc(O)cc2)C(=O)N(C)[C@@H](C)C(=O)N[C@@H](CC(N)=O)C(=O)N2CCC[C@H]2C(=O)N[C@@H](CN)C(=O)N[C@@H](CC(C)C)C(=O)N2C[C@H](O)C[C@H]2C(=O)C[C@@H](Cc2c[nH]c3ccccc23)C(=O)NCC(=O)N[C@@H](Cc2c[nH]c3ccccc23)C(=O)N1C. The van der Waals surface area contributed by atoms with Gasteiger partial charge in [-0.15, -0.1) is 11.8 Å². The first-order chi connectivity index (χ1) is 60.7. The van der Waals surface area contributed by atoms with E-state index < -0.39 is 223 Å². The van der Waals surface area contributed by atoms with E-state index >= 15 is 28.8 Å². The summed E-state index contributed by atoms with van der Waals surface area (Å²) in [5, 5.41) is 44.5. The lowest BCUT2D eigenvalue weighted by atomic mass is 9.90. The summed E-state index contributed by atoms with van der Waals surface area (Å²) < 4.78 is 0. The fourth-order valence-electron chi connectivity index (χ4n) is 16.5. The van der Waals surface area contributed by atoms with Gasteiger partial charge < -0.3 is 109 Å². The number of aliphatic hydroxyl groups is 1. The van der Waals surface area contributed by atoms with Gasteiger partial charge in [0.25, 0.3) is 0 Å². The van der Waals surface area contributed by atoms with Crippen LogP contribution in [0, 0.1) is 17.8 Å². The summed E-state index contributed by atoms with van der Waals surface area (Å²) in [6, 6.07) is 2.77. The lowest BCUT2D eigenvalue weighted by molar-refractivity contribution is -0.149. The van der Waals surface area contributed by atoms with E-state index in [1.54, 1.807) is 58.3 Å². The first-order valence-electron chi connectivity index (χ1n) is 43.7. The Balaban J connectivity index is 1.16. The average molecular weight is 1800 g/mol. The van der Waals surface area contributed by atoms with Crippen molar-refractivity contribution in [3.63, 3.8) is 0 Å². The number of nitrogens with one attached hydrogen (secondary N) is 10. The Morgan fingerprint density at radius 2 is 1.10 bits per heavy atom. The maximum Gasteiger partial charge on any atom is 0.246 e. The third-order valence-corrected chi connectivity index (χ3v) is 24.6. The van der Waals surface area contributed by atoms with Gasteiger partial charge in [-0.2, -0.15) is 0 Å². The van der Waals surface area contributed by atoms with Gasteiger partial charge >= 0.3 is 0 Å². The summed E-state index contributed by atoms with van der Waals surface area (Å²) in [7, 11) is 5.31. The van der Waals surface area contributed by atoms with E-state index in [-0.39, 0.29) is 101 Å². The van der Waals surface area contributed by atoms with Crippen LogP contribution in [0.2, 0.25) is 0 Å². The number of aliphatic hydroxyl groups excluding tert-OH is 1. The van der Waals surface area contributed by atoms with Crippen molar-refractivity contribution in [2.24, 2.45) is 35.0 Å². The van der Waals surface area contributed by atoms with Crippen molar-refractivity contribution in [1.82, 2.24) is 81.9 Å². The van der Waals surface area contributed by atoms with Crippen molar-refractivity contribution < 1.29 is 91.7 Å². The normalized spacial score (nSPS) is 25.1. The zero-order chi connectivity index (χ0) is 94.1. The number of primary amides is 2. The largest absolute Gasteiger partial charge is 0.508 e. The second-order valence-electron chi connectivity index (χ2n) is 34.4. The maximum absolute atomic E-state index is 15.6. The van der Waals surface area contributed by atoms with Gasteiger partial charge in [0.15, 0.2) is 5.78 Å². The second-order valence-corrected chi connectivity index (χ2v) is 35.4. The molecule has 14 atom stereocenters. The van der Waals surface area contributed by atoms with E-state index in [0.29, 0.717) is 64.2 Å². The van der Waals surface area contributed by atoms with Crippen molar-refractivity contribution in [3.05, 3.63) is 102 Å². The number of hydrogen-bond acceptors (Lipinski definition) is 21.